The Kier molecular flexibility index (Phi) is 6.56. The lowest BCUT2D eigenvalue weighted by molar-refractivity contribution is -0.124. The number of nitrogens with one attached hydrogen (secondary N) is 2. The third-order valence-electron chi connectivity index (χ3n) is 4.67. The van der Waals surface area contributed by atoms with Gasteiger partial charge in [-0.1, -0.05) is 24.3 Å². The molecule has 2 heterocycles. The van der Waals surface area contributed by atoms with E-state index in [0.717, 1.165) is 11.3 Å². The molecule has 4 rings (SSSR count). The first kappa shape index (κ1) is 23.3. The number of fused-ring (bicyclic) bond motifs is 1. The Labute approximate surface area is 198 Å². The molecule has 1 amide bonds. The number of hydrogen-bond donors (Lipinski definition) is 2. The second-order valence-corrected chi connectivity index (χ2v) is 9.92. The first-order valence-corrected chi connectivity index (χ1v) is 12.3. The fourth-order valence-corrected chi connectivity index (χ4v) is 4.84. The molecule has 176 valence electrons. The first-order chi connectivity index (χ1) is 16.3. The van der Waals surface area contributed by atoms with Gasteiger partial charge in [-0.3, -0.25) is 9.52 Å². The van der Waals surface area contributed by atoms with Gasteiger partial charge in [0, 0.05) is 5.69 Å². The number of anilines is 2. The molecule has 0 saturated carbocycles. The van der Waals surface area contributed by atoms with Crippen LogP contribution in [0.25, 0.3) is 11.1 Å². The fourth-order valence-electron chi connectivity index (χ4n) is 3.02. The highest BCUT2D eigenvalue weighted by Crippen LogP contribution is 2.22. The number of aromatic nitrogens is 3. The van der Waals surface area contributed by atoms with Gasteiger partial charge >= 0.3 is 5.97 Å². The monoisotopic (exact) mass is 501 g/mol. The van der Waals surface area contributed by atoms with E-state index in [2.05, 4.69) is 25.2 Å². The molecule has 13 heteroatoms. The Morgan fingerprint density at radius 3 is 2.59 bits per heavy atom. The van der Waals surface area contributed by atoms with Crippen LogP contribution < -0.4 is 10.0 Å². The van der Waals surface area contributed by atoms with E-state index in [1.807, 2.05) is 0 Å². The summed E-state index contributed by atoms with van der Waals surface area (Å²) in [6, 6.07) is 10.4. The minimum atomic E-state index is -3.86. The lowest BCUT2D eigenvalue weighted by atomic mass is 10.2. The van der Waals surface area contributed by atoms with Crippen LogP contribution in [0.2, 0.25) is 0 Å². The van der Waals surface area contributed by atoms with Gasteiger partial charge in [-0.25, -0.2) is 18.2 Å². The molecule has 1 atom stereocenters. The largest absolute Gasteiger partial charge is 0.449 e. The van der Waals surface area contributed by atoms with E-state index < -0.39 is 28.0 Å². The second-order valence-electron chi connectivity index (χ2n) is 7.05. The van der Waals surface area contributed by atoms with Crippen molar-refractivity contribution in [2.45, 2.75) is 31.3 Å². The van der Waals surface area contributed by atoms with Crippen LogP contribution in [0.15, 0.2) is 58.2 Å². The highest BCUT2D eigenvalue weighted by molar-refractivity contribution is 7.93. The van der Waals surface area contributed by atoms with Gasteiger partial charge in [0.15, 0.2) is 18.1 Å². The summed E-state index contributed by atoms with van der Waals surface area (Å²) in [6.45, 7) is 3.41. The van der Waals surface area contributed by atoms with Gasteiger partial charge < -0.3 is 14.5 Å². The quantitative estimate of drug-likeness (QED) is 0.346. The summed E-state index contributed by atoms with van der Waals surface area (Å²) in [5.74, 6) is -1.26. The lowest BCUT2D eigenvalue weighted by Gasteiger charge is -2.16. The van der Waals surface area contributed by atoms with Crippen molar-refractivity contribution in [3.8, 4) is 0 Å². The van der Waals surface area contributed by atoms with E-state index >= 15 is 0 Å². The van der Waals surface area contributed by atoms with Crippen molar-refractivity contribution in [1.29, 1.82) is 0 Å². The van der Waals surface area contributed by atoms with Crippen LogP contribution in [0.5, 0.6) is 0 Å². The maximum absolute atomic E-state index is 12.7. The van der Waals surface area contributed by atoms with Crippen molar-refractivity contribution in [3.05, 3.63) is 59.4 Å². The number of esters is 1. The predicted octanol–water partition coefficient (Wildman–Crippen LogP) is 3.36. The number of sulfonamides is 1. The number of ether oxygens (including phenoxy) is 1. The van der Waals surface area contributed by atoms with Crippen LogP contribution in [0.3, 0.4) is 0 Å². The zero-order valence-electron chi connectivity index (χ0n) is 18.0. The molecular weight excluding hydrogens is 482 g/mol. The van der Waals surface area contributed by atoms with E-state index in [0.29, 0.717) is 21.8 Å². The third-order valence-corrected chi connectivity index (χ3v) is 6.91. The highest BCUT2D eigenvalue weighted by Gasteiger charge is 2.24. The summed E-state index contributed by atoms with van der Waals surface area (Å²) in [7, 11) is -3.86. The molecule has 0 radical (unpaired) electrons. The highest BCUT2D eigenvalue weighted by atomic mass is 32.2. The van der Waals surface area contributed by atoms with Gasteiger partial charge in [0.25, 0.3) is 15.9 Å². The number of amides is 1. The molecule has 1 unspecified atom stereocenters. The molecule has 0 aliphatic carbocycles. The molecule has 0 saturated heterocycles. The molecule has 4 aromatic rings. The number of aryl methyl sites for hydroxylation is 1. The molecule has 0 spiro atoms. The first-order valence-electron chi connectivity index (χ1n) is 10.0. The average molecular weight is 502 g/mol. The number of benzene rings is 2. The average Bonchev–Trinajstić information content (AvgIpc) is 3.45. The number of oxazole rings is 1. The molecule has 2 aromatic heterocycles. The van der Waals surface area contributed by atoms with E-state index in [4.69, 9.17) is 9.15 Å². The molecule has 34 heavy (non-hydrogen) atoms. The minimum Gasteiger partial charge on any atom is -0.449 e. The number of carbonyl (C=O) groups is 2. The lowest BCUT2D eigenvalue weighted by Crippen LogP contribution is -2.32. The normalized spacial score (nSPS) is 12.3. The Balaban J connectivity index is 1.42. The standard InChI is InChI=1S/C21H19N5O6S2/c1-3-16(32-20(28)15-5-4-6-17-18(15)22-11-31-17)19(27)23-13-7-9-14(10-8-13)34(29,30)26-21-25-24-12(2)33-21/h4-11,16H,3H2,1-2H3,(H,23,27)(H,25,26). The maximum atomic E-state index is 12.7. The van der Waals surface area contributed by atoms with Crippen molar-refractivity contribution in [1.82, 2.24) is 15.2 Å². The van der Waals surface area contributed by atoms with E-state index in [1.54, 1.807) is 26.0 Å². The summed E-state index contributed by atoms with van der Waals surface area (Å²) in [4.78, 5) is 29.3. The summed E-state index contributed by atoms with van der Waals surface area (Å²) < 4.78 is 37.9. The number of carbonyl (C=O) groups excluding carboxylic acids is 2. The zero-order chi connectivity index (χ0) is 24.3. The van der Waals surface area contributed by atoms with E-state index in [1.165, 1.54) is 36.7 Å². The van der Waals surface area contributed by atoms with Crippen molar-refractivity contribution in [2.24, 2.45) is 0 Å². The van der Waals surface area contributed by atoms with Crippen molar-refractivity contribution in [2.75, 3.05) is 10.0 Å². The fraction of sp³-hybridized carbons (Fsp3) is 0.190. The summed E-state index contributed by atoms with van der Waals surface area (Å²) >= 11 is 1.11. The van der Waals surface area contributed by atoms with Crippen LogP contribution >= 0.6 is 11.3 Å². The molecule has 0 aliphatic heterocycles. The summed E-state index contributed by atoms with van der Waals surface area (Å²) in [6.07, 6.45) is 0.379. The number of para-hydroxylation sites is 1. The van der Waals surface area contributed by atoms with Crippen molar-refractivity contribution < 1.29 is 27.2 Å². The van der Waals surface area contributed by atoms with Crippen molar-refractivity contribution >= 4 is 55.2 Å². The minimum absolute atomic E-state index is 0.0162. The molecule has 0 aliphatic rings. The smallest absolute Gasteiger partial charge is 0.341 e. The predicted molar refractivity (Wildman–Crippen MR) is 124 cm³/mol. The third kappa shape index (κ3) is 5.05. The molecule has 0 fully saturated rings. The van der Waals surface area contributed by atoms with Crippen LogP contribution in [0.4, 0.5) is 10.8 Å². The Morgan fingerprint density at radius 1 is 1.15 bits per heavy atom. The molecule has 2 aromatic carbocycles. The van der Waals surface area contributed by atoms with Gasteiger partial charge in [0.1, 0.15) is 10.5 Å². The Hall–Kier alpha value is -3.84. The topological polar surface area (TPSA) is 153 Å². The molecular formula is C21H19N5O6S2. The van der Waals surface area contributed by atoms with Crippen LogP contribution in [-0.2, 0) is 19.6 Å². The zero-order valence-corrected chi connectivity index (χ0v) is 19.6. The van der Waals surface area contributed by atoms with Gasteiger partial charge in [-0.05, 0) is 49.7 Å². The van der Waals surface area contributed by atoms with Crippen LogP contribution in [0, 0.1) is 6.92 Å². The second kappa shape index (κ2) is 9.57. The molecule has 11 nitrogen and oxygen atoms in total. The van der Waals surface area contributed by atoms with Crippen molar-refractivity contribution in [3.63, 3.8) is 0 Å². The van der Waals surface area contributed by atoms with E-state index in [9.17, 15) is 18.0 Å². The number of nitrogens with zero attached hydrogens (tertiary/aromatic N) is 3. The van der Waals surface area contributed by atoms with Gasteiger partial charge in [0.2, 0.25) is 5.13 Å². The Bertz CT molecular complexity index is 1450. The Morgan fingerprint density at radius 2 is 1.91 bits per heavy atom. The maximum Gasteiger partial charge on any atom is 0.341 e. The SMILES string of the molecule is CCC(OC(=O)c1cccc2ocnc12)C(=O)Nc1ccc(S(=O)(=O)Nc2nnc(C)s2)cc1. The number of rotatable bonds is 8. The van der Waals surface area contributed by atoms with Gasteiger partial charge in [0.05, 0.1) is 10.5 Å². The number of hydrogen-bond acceptors (Lipinski definition) is 10. The van der Waals surface area contributed by atoms with Gasteiger partial charge in [-0.2, -0.15) is 0 Å². The van der Waals surface area contributed by atoms with Crippen LogP contribution in [0.1, 0.15) is 28.7 Å². The summed E-state index contributed by atoms with van der Waals surface area (Å²) in [5.41, 5.74) is 1.29. The molecule has 2 N–H and O–H groups in total. The van der Waals surface area contributed by atoms with Crippen LogP contribution in [-0.4, -0.2) is 41.6 Å². The van der Waals surface area contributed by atoms with E-state index in [-0.39, 0.29) is 22.0 Å². The summed E-state index contributed by atoms with van der Waals surface area (Å²) in [5, 5.41) is 10.9. The van der Waals surface area contributed by atoms with Gasteiger partial charge in [-0.15, -0.1) is 10.2 Å². The molecule has 0 bridgehead atoms.